The van der Waals surface area contributed by atoms with Gasteiger partial charge in [-0.25, -0.2) is 4.39 Å². The molecule has 0 aliphatic carbocycles. The summed E-state index contributed by atoms with van der Waals surface area (Å²) >= 11 is 0. The van der Waals surface area contributed by atoms with Gasteiger partial charge in [-0.1, -0.05) is 25.1 Å². The van der Waals surface area contributed by atoms with Crippen LogP contribution in [0.5, 0.6) is 5.75 Å². The third kappa shape index (κ3) is 7.02. The number of fused-ring (bicyclic) bond motifs is 1. The lowest BCUT2D eigenvalue weighted by Gasteiger charge is -2.36. The van der Waals surface area contributed by atoms with Crippen molar-refractivity contribution in [2.45, 2.75) is 32.5 Å². The lowest BCUT2D eigenvalue weighted by molar-refractivity contribution is -0.119. The molecule has 3 atom stereocenters. The van der Waals surface area contributed by atoms with Gasteiger partial charge in [0.1, 0.15) is 24.8 Å². The Labute approximate surface area is 212 Å². The summed E-state index contributed by atoms with van der Waals surface area (Å²) in [6.45, 7) is 5.68. The molecule has 8 nitrogen and oxygen atoms in total. The number of benzene rings is 2. The molecule has 0 saturated carbocycles. The number of anilines is 1. The fourth-order valence-electron chi connectivity index (χ4n) is 4.32. The summed E-state index contributed by atoms with van der Waals surface area (Å²) in [5.74, 6) is -0.334. The maximum absolute atomic E-state index is 14.5. The van der Waals surface area contributed by atoms with Crippen LogP contribution in [0.4, 0.5) is 10.1 Å². The number of carbonyl (C=O) groups excluding carboxylic acids is 2. The van der Waals surface area contributed by atoms with E-state index in [1.165, 1.54) is 13.2 Å². The van der Waals surface area contributed by atoms with E-state index in [0.717, 1.165) is 0 Å². The van der Waals surface area contributed by atoms with E-state index in [1.807, 2.05) is 13.0 Å². The molecule has 1 N–H and O–H groups in total. The second kappa shape index (κ2) is 12.8. The van der Waals surface area contributed by atoms with Crippen molar-refractivity contribution in [1.82, 2.24) is 9.80 Å². The minimum absolute atomic E-state index is 0.0664. The number of rotatable bonds is 6. The van der Waals surface area contributed by atoms with Gasteiger partial charge in [0.2, 0.25) is 5.91 Å². The number of nitrogens with one attached hydrogen (secondary N) is 1. The van der Waals surface area contributed by atoms with Gasteiger partial charge >= 0.3 is 0 Å². The third-order valence-corrected chi connectivity index (χ3v) is 6.47. The summed E-state index contributed by atoms with van der Waals surface area (Å²) in [6, 6.07) is 11.6. The molecule has 196 valence electrons. The first-order chi connectivity index (χ1) is 17.2. The molecule has 0 spiro atoms. The van der Waals surface area contributed by atoms with Crippen molar-refractivity contribution in [3.8, 4) is 5.75 Å². The summed E-state index contributed by atoms with van der Waals surface area (Å²) in [5.41, 5.74) is 1.49. The van der Waals surface area contributed by atoms with Crippen LogP contribution in [-0.4, -0.2) is 81.3 Å². The van der Waals surface area contributed by atoms with E-state index >= 15 is 0 Å². The van der Waals surface area contributed by atoms with E-state index in [2.05, 4.69) is 17.1 Å². The van der Waals surface area contributed by atoms with E-state index < -0.39 is 0 Å². The van der Waals surface area contributed by atoms with Crippen LogP contribution < -0.4 is 10.1 Å². The molecular formula is C27H36FN3O5. The number of ether oxygens (including phenoxy) is 3. The number of halogens is 1. The SMILES string of the molecule is COCC(=O)Nc1ccc2c(c1)OC[C@@H](C)N(Cc1ccccc1F)C[C@H](C)[C@@H](OC)CN(C)C2=O. The molecule has 9 heteroatoms. The van der Waals surface area contributed by atoms with Crippen molar-refractivity contribution in [2.75, 3.05) is 52.9 Å². The van der Waals surface area contributed by atoms with Crippen molar-refractivity contribution in [3.05, 3.63) is 59.4 Å². The zero-order valence-corrected chi connectivity index (χ0v) is 21.6. The summed E-state index contributed by atoms with van der Waals surface area (Å²) in [6.07, 6.45) is -0.217. The predicted octanol–water partition coefficient (Wildman–Crippen LogP) is 3.42. The predicted molar refractivity (Wildman–Crippen MR) is 136 cm³/mol. The van der Waals surface area contributed by atoms with Crippen molar-refractivity contribution >= 4 is 17.5 Å². The van der Waals surface area contributed by atoms with E-state index in [9.17, 15) is 14.0 Å². The van der Waals surface area contributed by atoms with Crippen LogP contribution in [-0.2, 0) is 20.8 Å². The minimum atomic E-state index is -0.310. The van der Waals surface area contributed by atoms with E-state index in [0.29, 0.717) is 42.2 Å². The number of likely N-dealkylation sites (N-methyl/N-ethyl adjacent to an activating group) is 1. The highest BCUT2D eigenvalue weighted by Crippen LogP contribution is 2.27. The number of amides is 2. The molecule has 0 saturated heterocycles. The van der Waals surface area contributed by atoms with Gasteiger partial charge in [-0.15, -0.1) is 0 Å². The highest BCUT2D eigenvalue weighted by molar-refractivity contribution is 5.98. The molecule has 1 heterocycles. The van der Waals surface area contributed by atoms with Crippen LogP contribution in [0.3, 0.4) is 0 Å². The van der Waals surface area contributed by atoms with E-state index in [-0.39, 0.29) is 48.9 Å². The lowest BCUT2D eigenvalue weighted by Crippen LogP contribution is -2.46. The Hall–Kier alpha value is -3.01. The van der Waals surface area contributed by atoms with Gasteiger partial charge in [-0.3, -0.25) is 14.5 Å². The molecule has 0 aromatic heterocycles. The number of carbonyl (C=O) groups is 2. The smallest absolute Gasteiger partial charge is 0.257 e. The second-order valence-corrected chi connectivity index (χ2v) is 9.31. The molecule has 0 fully saturated rings. The van der Waals surface area contributed by atoms with Crippen LogP contribution in [0.2, 0.25) is 0 Å². The average molecular weight is 502 g/mol. The van der Waals surface area contributed by atoms with Gasteiger partial charge in [-0.05, 0) is 31.0 Å². The first-order valence-electron chi connectivity index (χ1n) is 12.0. The Kier molecular flexibility index (Phi) is 9.81. The Bertz CT molecular complexity index is 1050. The monoisotopic (exact) mass is 501 g/mol. The highest BCUT2D eigenvalue weighted by Gasteiger charge is 2.29. The van der Waals surface area contributed by atoms with Gasteiger partial charge in [0.05, 0.1) is 11.7 Å². The summed E-state index contributed by atoms with van der Waals surface area (Å²) in [7, 11) is 4.81. The Balaban J connectivity index is 1.94. The molecule has 0 unspecified atom stereocenters. The molecular weight excluding hydrogens is 465 g/mol. The maximum atomic E-state index is 14.5. The van der Waals surface area contributed by atoms with E-state index in [1.54, 1.807) is 49.4 Å². The van der Waals surface area contributed by atoms with Gasteiger partial charge < -0.3 is 24.4 Å². The van der Waals surface area contributed by atoms with Gasteiger partial charge in [0, 0.05) is 64.3 Å². The van der Waals surface area contributed by atoms with Crippen molar-refractivity contribution in [2.24, 2.45) is 5.92 Å². The van der Waals surface area contributed by atoms with Crippen LogP contribution >= 0.6 is 0 Å². The first kappa shape index (κ1) is 27.6. The normalized spacial score (nSPS) is 21.7. The Morgan fingerprint density at radius 1 is 1.17 bits per heavy atom. The van der Waals surface area contributed by atoms with Crippen LogP contribution in [0.15, 0.2) is 42.5 Å². The number of methoxy groups -OCH3 is 2. The van der Waals surface area contributed by atoms with Gasteiger partial charge in [-0.2, -0.15) is 0 Å². The van der Waals surface area contributed by atoms with E-state index in [4.69, 9.17) is 14.2 Å². The first-order valence-corrected chi connectivity index (χ1v) is 12.0. The fraction of sp³-hybridized carbons (Fsp3) is 0.481. The third-order valence-electron chi connectivity index (χ3n) is 6.47. The topological polar surface area (TPSA) is 80.3 Å². The van der Waals surface area contributed by atoms with Crippen LogP contribution in [0.1, 0.15) is 29.8 Å². The zero-order valence-electron chi connectivity index (χ0n) is 21.6. The molecule has 1 aliphatic heterocycles. The minimum Gasteiger partial charge on any atom is -0.491 e. The lowest BCUT2D eigenvalue weighted by atomic mass is 10.0. The zero-order chi connectivity index (χ0) is 26.2. The molecule has 3 rings (SSSR count). The summed E-state index contributed by atoms with van der Waals surface area (Å²) in [5, 5.41) is 2.75. The average Bonchev–Trinajstić information content (AvgIpc) is 2.85. The number of hydrogen-bond donors (Lipinski definition) is 1. The number of nitrogens with zero attached hydrogens (tertiary/aromatic N) is 2. The quantitative estimate of drug-likeness (QED) is 0.654. The molecule has 36 heavy (non-hydrogen) atoms. The Morgan fingerprint density at radius 3 is 2.61 bits per heavy atom. The van der Waals surface area contributed by atoms with Crippen molar-refractivity contribution in [3.63, 3.8) is 0 Å². The molecule has 2 amide bonds. The maximum Gasteiger partial charge on any atom is 0.257 e. The van der Waals surface area contributed by atoms with Crippen molar-refractivity contribution in [1.29, 1.82) is 0 Å². The van der Waals surface area contributed by atoms with Crippen LogP contribution in [0.25, 0.3) is 0 Å². The standard InChI is InChI=1S/C27H36FN3O5/c1-18-13-31(14-20-8-6-7-9-23(20)28)19(2)16-36-24-12-21(29-26(32)17-34-4)10-11-22(24)27(33)30(3)15-25(18)35-5/h6-12,18-19,25H,13-17H2,1-5H3,(H,29,32)/t18-,19+,25-/m0/s1. The summed E-state index contributed by atoms with van der Waals surface area (Å²) in [4.78, 5) is 29.1. The summed E-state index contributed by atoms with van der Waals surface area (Å²) < 4.78 is 31.3. The molecule has 2 aromatic rings. The largest absolute Gasteiger partial charge is 0.491 e. The fourth-order valence-corrected chi connectivity index (χ4v) is 4.32. The highest BCUT2D eigenvalue weighted by atomic mass is 19.1. The molecule has 2 aromatic carbocycles. The number of hydrogen-bond acceptors (Lipinski definition) is 6. The van der Waals surface area contributed by atoms with Crippen LogP contribution in [0, 0.1) is 11.7 Å². The van der Waals surface area contributed by atoms with Gasteiger partial charge in [0.25, 0.3) is 5.91 Å². The van der Waals surface area contributed by atoms with Gasteiger partial charge in [0.15, 0.2) is 0 Å². The molecule has 0 radical (unpaired) electrons. The Morgan fingerprint density at radius 2 is 1.92 bits per heavy atom. The van der Waals surface area contributed by atoms with Crippen molar-refractivity contribution < 1.29 is 28.2 Å². The second-order valence-electron chi connectivity index (χ2n) is 9.31. The molecule has 1 aliphatic rings. The molecule has 0 bridgehead atoms.